The van der Waals surface area contributed by atoms with E-state index in [2.05, 4.69) is 10.1 Å². The van der Waals surface area contributed by atoms with E-state index >= 15 is 0 Å². The van der Waals surface area contributed by atoms with Crippen LogP contribution in [0.3, 0.4) is 0 Å². The van der Waals surface area contributed by atoms with Crippen molar-refractivity contribution in [2.45, 2.75) is 13.2 Å². The van der Waals surface area contributed by atoms with Gasteiger partial charge in [0.15, 0.2) is 0 Å². The molecule has 4 rings (SSSR count). The summed E-state index contributed by atoms with van der Waals surface area (Å²) in [5, 5.41) is 4.32. The van der Waals surface area contributed by atoms with Crippen molar-refractivity contribution in [3.63, 3.8) is 0 Å². The van der Waals surface area contributed by atoms with Crippen LogP contribution in [0.25, 0.3) is 0 Å². The Labute approximate surface area is 143 Å². The molecule has 0 saturated carbocycles. The zero-order chi connectivity index (χ0) is 17.2. The van der Waals surface area contributed by atoms with Gasteiger partial charge in [0.1, 0.15) is 18.1 Å². The third-order valence-electron chi connectivity index (χ3n) is 3.99. The van der Waals surface area contributed by atoms with Gasteiger partial charge < -0.3 is 9.64 Å². The van der Waals surface area contributed by atoms with Gasteiger partial charge in [-0.1, -0.05) is 6.07 Å². The van der Waals surface area contributed by atoms with Crippen LogP contribution in [0, 0.1) is 5.82 Å². The van der Waals surface area contributed by atoms with E-state index in [0.29, 0.717) is 30.4 Å². The Morgan fingerprint density at radius 2 is 1.96 bits per heavy atom. The average molecular weight is 338 g/mol. The molecule has 1 aliphatic rings. The Kier molecular flexibility index (Phi) is 3.89. The maximum atomic E-state index is 13.1. The van der Waals surface area contributed by atoms with Gasteiger partial charge in [-0.25, -0.2) is 4.39 Å². The summed E-state index contributed by atoms with van der Waals surface area (Å²) in [4.78, 5) is 18.5. The highest BCUT2D eigenvalue weighted by molar-refractivity contribution is 6.05. The normalized spacial score (nSPS) is 13.6. The minimum atomic E-state index is -0.330. The van der Waals surface area contributed by atoms with Crippen LogP contribution in [-0.2, 0) is 13.2 Å². The fourth-order valence-electron chi connectivity index (χ4n) is 2.74. The fraction of sp³-hybridized carbons (Fsp3) is 0.167. The van der Waals surface area contributed by atoms with Crippen molar-refractivity contribution in [1.82, 2.24) is 14.8 Å². The maximum absolute atomic E-state index is 13.1. The molecule has 3 heterocycles. The second-order valence-electron chi connectivity index (χ2n) is 5.63. The molecule has 25 heavy (non-hydrogen) atoms. The molecule has 0 bridgehead atoms. The van der Waals surface area contributed by atoms with Gasteiger partial charge in [-0.15, -0.1) is 5.10 Å². The minimum Gasteiger partial charge on any atom is -0.470 e. The summed E-state index contributed by atoms with van der Waals surface area (Å²) in [6.07, 6.45) is 1.70. The molecular weight excluding hydrogens is 323 g/mol. The summed E-state index contributed by atoms with van der Waals surface area (Å²) in [5.74, 6) is -0.128. The number of nitrogens with zero attached hydrogens (tertiary/aromatic N) is 4. The minimum absolute atomic E-state index is 0.182. The lowest BCUT2D eigenvalue weighted by Crippen LogP contribution is -2.40. The van der Waals surface area contributed by atoms with Crippen molar-refractivity contribution in [2.75, 3.05) is 11.4 Å². The largest absolute Gasteiger partial charge is 0.470 e. The first kappa shape index (κ1) is 15.3. The first-order valence-electron chi connectivity index (χ1n) is 7.89. The van der Waals surface area contributed by atoms with Crippen molar-refractivity contribution in [1.29, 1.82) is 0 Å². The molecule has 6 nitrogen and oxygen atoms in total. The molecule has 1 aliphatic heterocycles. The maximum Gasteiger partial charge on any atom is 0.276 e. The van der Waals surface area contributed by atoms with Crippen LogP contribution in [0.2, 0.25) is 0 Å². The standard InChI is InChI=1S/C18H15FN4O2/c19-13-4-6-15(7-5-13)22-9-10-23-16(18(22)24)11-17(21-23)25-12-14-3-1-2-8-20-14/h1-8,11H,9-10,12H2. The van der Waals surface area contributed by atoms with Crippen LogP contribution in [0.15, 0.2) is 54.7 Å². The molecule has 0 aliphatic carbocycles. The molecule has 2 aromatic heterocycles. The Morgan fingerprint density at radius 1 is 1.12 bits per heavy atom. The molecule has 0 atom stereocenters. The molecule has 126 valence electrons. The number of halogens is 1. The number of carbonyl (C=O) groups excluding carboxylic acids is 1. The molecule has 7 heteroatoms. The van der Waals surface area contributed by atoms with Crippen LogP contribution in [0.5, 0.6) is 5.88 Å². The van der Waals surface area contributed by atoms with E-state index in [4.69, 9.17) is 4.74 Å². The Hall–Kier alpha value is -3.22. The highest BCUT2D eigenvalue weighted by Crippen LogP contribution is 2.24. The first-order valence-corrected chi connectivity index (χ1v) is 7.89. The van der Waals surface area contributed by atoms with E-state index in [-0.39, 0.29) is 18.3 Å². The summed E-state index contributed by atoms with van der Waals surface area (Å²) in [6, 6.07) is 13.1. The number of fused-ring (bicyclic) bond motifs is 1. The summed E-state index contributed by atoms with van der Waals surface area (Å²) >= 11 is 0. The molecule has 0 fully saturated rings. The Balaban J connectivity index is 1.51. The molecule has 0 unspecified atom stereocenters. The van der Waals surface area contributed by atoms with Crippen LogP contribution in [-0.4, -0.2) is 27.2 Å². The number of benzene rings is 1. The van der Waals surface area contributed by atoms with Crippen LogP contribution < -0.4 is 9.64 Å². The number of aromatic nitrogens is 3. The highest BCUT2D eigenvalue weighted by Gasteiger charge is 2.28. The van der Waals surface area contributed by atoms with Gasteiger partial charge >= 0.3 is 0 Å². The van der Waals surface area contributed by atoms with Crippen molar-refractivity contribution >= 4 is 11.6 Å². The van der Waals surface area contributed by atoms with Crippen molar-refractivity contribution in [3.05, 3.63) is 71.9 Å². The summed E-state index contributed by atoms with van der Waals surface area (Å²) in [5.41, 5.74) is 1.90. The number of pyridine rings is 1. The fourth-order valence-corrected chi connectivity index (χ4v) is 2.74. The molecule has 3 aromatic rings. The van der Waals surface area contributed by atoms with Gasteiger partial charge in [-0.05, 0) is 36.4 Å². The van der Waals surface area contributed by atoms with Gasteiger partial charge in [0.2, 0.25) is 5.88 Å². The number of amides is 1. The van der Waals surface area contributed by atoms with E-state index < -0.39 is 0 Å². The molecule has 0 saturated heterocycles. The third kappa shape index (κ3) is 3.08. The van der Waals surface area contributed by atoms with E-state index in [1.54, 1.807) is 34.0 Å². The van der Waals surface area contributed by atoms with Crippen molar-refractivity contribution in [2.24, 2.45) is 0 Å². The number of anilines is 1. The second kappa shape index (κ2) is 6.35. The second-order valence-corrected chi connectivity index (χ2v) is 5.63. The number of hydrogen-bond acceptors (Lipinski definition) is 4. The highest BCUT2D eigenvalue weighted by atomic mass is 19.1. The Bertz CT molecular complexity index is 893. The van der Waals surface area contributed by atoms with Crippen LogP contribution in [0.1, 0.15) is 16.2 Å². The first-order chi connectivity index (χ1) is 12.2. The molecule has 1 amide bonds. The number of ether oxygens (including phenoxy) is 1. The van der Waals surface area contributed by atoms with Gasteiger partial charge in [-0.3, -0.25) is 14.5 Å². The third-order valence-corrected chi connectivity index (χ3v) is 3.99. The molecule has 1 aromatic carbocycles. The lowest BCUT2D eigenvalue weighted by Gasteiger charge is -2.27. The molecule has 0 spiro atoms. The van der Waals surface area contributed by atoms with Gasteiger partial charge in [-0.2, -0.15) is 0 Å². The molecule has 0 N–H and O–H groups in total. The monoisotopic (exact) mass is 338 g/mol. The quantitative estimate of drug-likeness (QED) is 0.734. The summed E-state index contributed by atoms with van der Waals surface area (Å²) in [7, 11) is 0. The zero-order valence-electron chi connectivity index (χ0n) is 13.3. The Morgan fingerprint density at radius 3 is 2.72 bits per heavy atom. The smallest absolute Gasteiger partial charge is 0.276 e. The lowest BCUT2D eigenvalue weighted by atomic mass is 10.2. The predicted molar refractivity (Wildman–Crippen MR) is 88.9 cm³/mol. The van der Waals surface area contributed by atoms with Gasteiger partial charge in [0.25, 0.3) is 5.91 Å². The summed E-state index contributed by atoms with van der Waals surface area (Å²) in [6.45, 7) is 1.30. The molecular formula is C18H15FN4O2. The SMILES string of the molecule is O=C1c2cc(OCc3ccccn3)nn2CCN1c1ccc(F)cc1. The number of hydrogen-bond donors (Lipinski definition) is 0. The zero-order valence-corrected chi connectivity index (χ0v) is 13.3. The van der Waals surface area contributed by atoms with E-state index in [1.807, 2.05) is 18.2 Å². The predicted octanol–water partition coefficient (Wildman–Crippen LogP) is 2.66. The van der Waals surface area contributed by atoms with E-state index in [0.717, 1.165) is 5.69 Å². The summed E-state index contributed by atoms with van der Waals surface area (Å²) < 4.78 is 20.3. The van der Waals surface area contributed by atoms with Gasteiger partial charge in [0, 0.05) is 24.5 Å². The van der Waals surface area contributed by atoms with E-state index in [9.17, 15) is 9.18 Å². The van der Waals surface area contributed by atoms with Crippen molar-refractivity contribution in [3.8, 4) is 5.88 Å². The van der Waals surface area contributed by atoms with Gasteiger partial charge in [0.05, 0.1) is 12.2 Å². The van der Waals surface area contributed by atoms with Crippen LogP contribution >= 0.6 is 0 Å². The van der Waals surface area contributed by atoms with Crippen LogP contribution in [0.4, 0.5) is 10.1 Å². The number of rotatable bonds is 4. The average Bonchev–Trinajstić information content (AvgIpc) is 3.06. The van der Waals surface area contributed by atoms with Crippen molar-refractivity contribution < 1.29 is 13.9 Å². The molecule has 0 radical (unpaired) electrons. The topological polar surface area (TPSA) is 60.2 Å². The van der Waals surface area contributed by atoms with E-state index in [1.165, 1.54) is 12.1 Å². The lowest BCUT2D eigenvalue weighted by molar-refractivity contribution is 0.0962. The number of carbonyl (C=O) groups is 1.